The molecular formula is H9NO4P2Zr. The van der Waals surface area contributed by atoms with Crippen LogP contribution in [0.5, 0.6) is 0 Å². The van der Waals surface area contributed by atoms with E-state index in [9.17, 15) is 0 Å². The molecule has 0 heterocycles. The van der Waals surface area contributed by atoms with Crippen LogP contribution in [-0.2, 0) is 30.8 Å². The zero-order valence-electron chi connectivity index (χ0n) is 4.11. The van der Waals surface area contributed by atoms with Crippen LogP contribution in [0.15, 0.2) is 0 Å². The molecule has 0 aliphatic carbocycles. The largest absolute Gasteiger partial charge is 0.466 e. The fourth-order valence-corrected chi connectivity index (χ4v) is 0. The molecule has 0 fully saturated rings. The molecule has 0 aromatic rings. The van der Waals surface area contributed by atoms with Gasteiger partial charge in [-0.2, -0.15) is 9.90 Å². The molecule has 0 rings (SSSR count). The molecule has 0 radical (unpaired) electrons. The van der Waals surface area contributed by atoms with E-state index in [1.54, 1.807) is 0 Å². The third-order valence-electron chi connectivity index (χ3n) is 0. The van der Waals surface area contributed by atoms with Gasteiger partial charge in [-0.3, -0.25) is 0 Å². The molecule has 8 heavy (non-hydrogen) atoms. The molecule has 0 amide bonds. The average Bonchev–Trinajstić information content (AvgIpc) is 0.722. The van der Waals surface area contributed by atoms with Crippen molar-refractivity contribution in [1.29, 1.82) is 0 Å². The number of hydrogen-bond donors (Lipinski definition) is 4. The summed E-state index contributed by atoms with van der Waals surface area (Å²) in [6.45, 7) is 0. The van der Waals surface area contributed by atoms with E-state index in [1.807, 2.05) is 0 Å². The molecule has 5 nitrogen and oxygen atoms in total. The maximum absolute atomic E-state index is 8.88. The first kappa shape index (κ1) is 22.8. The Labute approximate surface area is 69.4 Å². The summed E-state index contributed by atoms with van der Waals surface area (Å²) in [5.74, 6) is 0. The number of phosphoric acid groups is 1. The van der Waals surface area contributed by atoms with Crippen LogP contribution < -0.4 is 6.15 Å². The summed E-state index contributed by atoms with van der Waals surface area (Å²) in [5, 5.41) is 0. The Morgan fingerprint density at radius 2 is 1.12 bits per heavy atom. The molecule has 1 unspecified atom stereocenters. The van der Waals surface area contributed by atoms with E-state index in [0.29, 0.717) is 0 Å². The fraction of sp³-hybridized carbons (Fsp3) is 0. The molecule has 0 saturated heterocycles. The van der Waals surface area contributed by atoms with Gasteiger partial charge in [0, 0.05) is 26.2 Å². The van der Waals surface area contributed by atoms with Crippen LogP contribution in [0.2, 0.25) is 0 Å². The van der Waals surface area contributed by atoms with Gasteiger partial charge in [-0.15, -0.1) is 0 Å². The summed E-state index contributed by atoms with van der Waals surface area (Å²) in [6.07, 6.45) is 0. The number of rotatable bonds is 0. The van der Waals surface area contributed by atoms with Crippen LogP contribution >= 0.6 is 17.7 Å². The van der Waals surface area contributed by atoms with Gasteiger partial charge in [-0.25, -0.2) is 4.57 Å². The van der Waals surface area contributed by atoms with Gasteiger partial charge in [-0.05, 0) is 0 Å². The van der Waals surface area contributed by atoms with Crippen molar-refractivity contribution in [2.24, 2.45) is 0 Å². The van der Waals surface area contributed by atoms with Gasteiger partial charge in [-0.1, -0.05) is 0 Å². The normalized spacial score (nSPS) is 7.38. The minimum absolute atomic E-state index is 0. The molecule has 0 bridgehead atoms. The van der Waals surface area contributed by atoms with E-state index in [1.165, 1.54) is 0 Å². The second-order valence-corrected chi connectivity index (χ2v) is 1.54. The predicted molar refractivity (Wildman–Crippen MR) is 30.4 cm³/mol. The van der Waals surface area contributed by atoms with E-state index in [4.69, 9.17) is 19.2 Å². The summed E-state index contributed by atoms with van der Waals surface area (Å²) in [7, 11) is -4.64. The van der Waals surface area contributed by atoms with E-state index in [0.717, 1.165) is 0 Å². The quantitative estimate of drug-likeness (QED) is 0.418. The van der Waals surface area contributed by atoms with Crippen LogP contribution in [0.25, 0.3) is 0 Å². The summed E-state index contributed by atoms with van der Waals surface area (Å²) < 4.78 is 8.88. The van der Waals surface area contributed by atoms with Crippen molar-refractivity contribution in [2.75, 3.05) is 0 Å². The molecule has 52 valence electrons. The summed E-state index contributed by atoms with van der Waals surface area (Å²) >= 11 is 0. The van der Waals surface area contributed by atoms with E-state index in [2.05, 4.69) is 0 Å². The van der Waals surface area contributed by atoms with Crippen molar-refractivity contribution in [3.8, 4) is 0 Å². The Morgan fingerprint density at radius 3 is 1.12 bits per heavy atom. The first-order valence-corrected chi connectivity index (χ1v) is 2.35. The Balaban J connectivity index is -0.0000000267. The van der Waals surface area contributed by atoms with Crippen molar-refractivity contribution in [2.45, 2.75) is 0 Å². The predicted octanol–water partition coefficient (Wildman–Crippen LogP) is -0.711. The van der Waals surface area contributed by atoms with Crippen LogP contribution in [0.4, 0.5) is 0 Å². The minimum atomic E-state index is -4.64. The second kappa shape index (κ2) is 8.38. The van der Waals surface area contributed by atoms with E-state index >= 15 is 0 Å². The molecule has 1 atom stereocenters. The van der Waals surface area contributed by atoms with Crippen molar-refractivity contribution < 1.29 is 45.4 Å². The molecule has 0 saturated carbocycles. The van der Waals surface area contributed by atoms with Crippen LogP contribution in [0, 0.1) is 0 Å². The summed E-state index contributed by atoms with van der Waals surface area (Å²) in [6, 6.07) is 0. The fourth-order valence-electron chi connectivity index (χ4n) is 0. The number of hydrogen-bond acceptors (Lipinski definition) is 2. The maximum Gasteiger partial charge on any atom is 0.466 e. The molecule has 8 heteroatoms. The summed E-state index contributed by atoms with van der Waals surface area (Å²) in [5.41, 5.74) is 0. The van der Waals surface area contributed by atoms with Crippen molar-refractivity contribution in [1.82, 2.24) is 6.15 Å². The van der Waals surface area contributed by atoms with Crippen LogP contribution in [0.1, 0.15) is 0 Å². The van der Waals surface area contributed by atoms with E-state index in [-0.39, 0.29) is 42.3 Å². The zero-order valence-corrected chi connectivity index (χ0v) is 8.88. The van der Waals surface area contributed by atoms with Crippen molar-refractivity contribution in [3.63, 3.8) is 0 Å². The molecule has 0 aromatic carbocycles. The smallest absolute Gasteiger partial charge is 0.344 e. The summed E-state index contributed by atoms with van der Waals surface area (Å²) in [4.78, 5) is 21.6. The third kappa shape index (κ3) is 157. The molecule has 0 spiro atoms. The second-order valence-electron chi connectivity index (χ2n) is 0.513. The molecular weight excluding hydrogens is 231 g/mol. The Hall–Kier alpha value is 1.38. The third-order valence-corrected chi connectivity index (χ3v) is 0. The van der Waals surface area contributed by atoms with Gasteiger partial charge in [0.15, 0.2) is 0 Å². The van der Waals surface area contributed by atoms with Crippen molar-refractivity contribution in [3.05, 3.63) is 0 Å². The Kier molecular flexibility index (Phi) is 23.8. The monoisotopic (exact) mass is 239 g/mol. The Bertz CT molecular complexity index is 60.2. The van der Waals surface area contributed by atoms with Gasteiger partial charge in [0.05, 0.1) is 0 Å². The SMILES string of the molecule is N.O=P(O)(O)O.P.[Zr]. The van der Waals surface area contributed by atoms with Gasteiger partial charge in [0.1, 0.15) is 0 Å². The van der Waals surface area contributed by atoms with Gasteiger partial charge in [0.2, 0.25) is 0 Å². The molecule has 0 aliphatic rings. The average molecular weight is 240 g/mol. The minimum Gasteiger partial charge on any atom is -0.344 e. The molecule has 0 aliphatic heterocycles. The van der Waals surface area contributed by atoms with Crippen LogP contribution in [0.3, 0.4) is 0 Å². The van der Waals surface area contributed by atoms with Gasteiger partial charge >= 0.3 is 7.82 Å². The topological polar surface area (TPSA) is 113 Å². The first-order chi connectivity index (χ1) is 2.00. The first-order valence-electron chi connectivity index (χ1n) is 0.783. The van der Waals surface area contributed by atoms with Crippen LogP contribution in [-0.4, -0.2) is 14.7 Å². The van der Waals surface area contributed by atoms with Gasteiger partial charge < -0.3 is 20.8 Å². The standard InChI is InChI=1S/H3N.H3O4P.H3P.Zr/c;1-5(2,3)4;;/h1H3;(H3,1,2,3,4);1H3;. The Morgan fingerprint density at radius 1 is 1.12 bits per heavy atom. The maximum atomic E-state index is 8.88. The van der Waals surface area contributed by atoms with E-state index < -0.39 is 7.82 Å². The van der Waals surface area contributed by atoms with Crippen molar-refractivity contribution >= 4 is 17.7 Å². The van der Waals surface area contributed by atoms with Gasteiger partial charge in [0.25, 0.3) is 0 Å². The molecule has 0 aromatic heterocycles. The molecule has 6 N–H and O–H groups in total. The zero-order chi connectivity index (χ0) is 4.50.